The fraction of sp³-hybridized carbons (Fsp3) is 0.364. The molecule has 3 N–H and O–H groups in total. The number of fused-ring (bicyclic) bond motifs is 1. The summed E-state index contributed by atoms with van der Waals surface area (Å²) in [5, 5.41) is 13.3. The van der Waals surface area contributed by atoms with Crippen LogP contribution in [-0.2, 0) is 12.8 Å². The number of likely N-dealkylation sites (N-methyl/N-ethyl adjacent to an activating group) is 1. The van der Waals surface area contributed by atoms with Crippen molar-refractivity contribution in [1.29, 1.82) is 5.41 Å². The Hall–Kier alpha value is -2.35. The number of amidine groups is 2. The van der Waals surface area contributed by atoms with E-state index in [0.29, 0.717) is 29.3 Å². The van der Waals surface area contributed by atoms with E-state index in [9.17, 15) is 4.39 Å². The summed E-state index contributed by atoms with van der Waals surface area (Å²) in [4.78, 5) is 4.24. The van der Waals surface area contributed by atoms with Gasteiger partial charge in [-0.15, -0.1) is 0 Å². The van der Waals surface area contributed by atoms with E-state index in [1.807, 2.05) is 0 Å². The Morgan fingerprint density at radius 3 is 2.87 bits per heavy atom. The molecular weight excluding hydrogens is 444 g/mol. The first-order valence-corrected chi connectivity index (χ1v) is 11.1. The highest BCUT2D eigenvalue weighted by atomic mass is 79.9. The largest absolute Gasteiger partial charge is 0.367 e. The Morgan fingerprint density at radius 2 is 2.13 bits per heavy atom. The first-order valence-electron chi connectivity index (χ1n) is 10.3. The molecule has 158 valence electrons. The van der Waals surface area contributed by atoms with E-state index in [4.69, 9.17) is 5.41 Å². The number of aliphatic imine (C=N–C) groups is 1. The average molecular weight is 472 g/mol. The van der Waals surface area contributed by atoms with Gasteiger partial charge >= 0.3 is 0 Å². The molecule has 1 aliphatic rings. The lowest BCUT2D eigenvalue weighted by molar-refractivity contribution is 0.606. The molecule has 8 heteroatoms. The van der Waals surface area contributed by atoms with E-state index in [-0.39, 0.29) is 11.7 Å². The maximum absolute atomic E-state index is 13.4. The van der Waals surface area contributed by atoms with E-state index < -0.39 is 0 Å². The summed E-state index contributed by atoms with van der Waals surface area (Å²) in [6.07, 6.45) is 4.55. The van der Waals surface area contributed by atoms with Crippen LogP contribution in [-0.4, -0.2) is 44.0 Å². The number of aryl methyl sites for hydroxylation is 1. The minimum Gasteiger partial charge on any atom is -0.367 e. The summed E-state index contributed by atoms with van der Waals surface area (Å²) in [5.41, 5.74) is 8.17. The molecule has 0 unspecified atom stereocenters. The van der Waals surface area contributed by atoms with Crippen LogP contribution in [0.3, 0.4) is 0 Å². The normalized spacial score (nSPS) is 13.6. The second-order valence-corrected chi connectivity index (χ2v) is 8.54. The molecule has 0 radical (unpaired) electrons. The molecule has 1 heterocycles. The number of halogens is 2. The van der Waals surface area contributed by atoms with Crippen molar-refractivity contribution in [2.75, 3.05) is 26.1 Å². The predicted molar refractivity (Wildman–Crippen MR) is 129 cm³/mol. The van der Waals surface area contributed by atoms with Gasteiger partial charge in [-0.1, -0.05) is 54.4 Å². The number of anilines is 1. The lowest BCUT2D eigenvalue weighted by atomic mass is 9.40. The molecule has 2 aromatic carbocycles. The summed E-state index contributed by atoms with van der Waals surface area (Å²) in [6, 6.07) is 11.3. The smallest absolute Gasteiger partial charge is 0.184 e. The highest BCUT2D eigenvalue weighted by Crippen LogP contribution is 2.20. The molecule has 0 aromatic heterocycles. The van der Waals surface area contributed by atoms with Gasteiger partial charge in [0, 0.05) is 20.6 Å². The van der Waals surface area contributed by atoms with Crippen LogP contribution in [0.5, 0.6) is 0 Å². The van der Waals surface area contributed by atoms with Crippen LogP contribution >= 0.6 is 15.9 Å². The number of hydrogen-bond acceptors (Lipinski definition) is 3. The van der Waals surface area contributed by atoms with Gasteiger partial charge in [-0.25, -0.2) is 4.39 Å². The Morgan fingerprint density at radius 1 is 1.33 bits per heavy atom. The fourth-order valence-corrected chi connectivity index (χ4v) is 4.50. The number of nitrogens with zero attached hydrogens (tertiary/aromatic N) is 2. The van der Waals surface area contributed by atoms with Crippen LogP contribution in [0, 0.1) is 11.2 Å². The highest BCUT2D eigenvalue weighted by molar-refractivity contribution is 9.10. The summed E-state index contributed by atoms with van der Waals surface area (Å²) >= 11 is 3.19. The third-order valence-electron chi connectivity index (χ3n) is 5.53. The van der Waals surface area contributed by atoms with Crippen molar-refractivity contribution in [2.24, 2.45) is 4.99 Å². The monoisotopic (exact) mass is 471 g/mol. The van der Waals surface area contributed by atoms with Crippen LogP contribution in [0.15, 0.2) is 45.9 Å². The summed E-state index contributed by atoms with van der Waals surface area (Å²) < 4.78 is 13.8. The Kier molecular flexibility index (Phi) is 7.53. The van der Waals surface area contributed by atoms with Crippen LogP contribution in [0.25, 0.3) is 0 Å². The van der Waals surface area contributed by atoms with E-state index in [1.165, 1.54) is 41.8 Å². The number of rotatable bonds is 5. The van der Waals surface area contributed by atoms with Crippen molar-refractivity contribution in [3.05, 3.63) is 57.8 Å². The lowest BCUT2D eigenvalue weighted by Crippen LogP contribution is -2.44. The molecule has 5 nitrogen and oxygen atoms in total. The lowest BCUT2D eigenvalue weighted by Gasteiger charge is -2.25. The second-order valence-electron chi connectivity index (χ2n) is 7.68. The summed E-state index contributed by atoms with van der Waals surface area (Å²) in [7, 11) is 3.44. The SMILES string of the molecule is C/N=C(\C(=N)NCCc1cccc2c1B(C)CCC2)N(C)Nc1ccc(F)c(Br)c1. The molecule has 0 saturated heterocycles. The number of nitrogens with one attached hydrogen (secondary N) is 3. The Bertz CT molecular complexity index is 949. The first kappa shape index (κ1) is 22.3. The van der Waals surface area contributed by atoms with Gasteiger partial charge in [0.1, 0.15) is 5.82 Å². The molecule has 0 spiro atoms. The van der Waals surface area contributed by atoms with E-state index in [2.05, 4.69) is 56.7 Å². The molecule has 2 aromatic rings. The van der Waals surface area contributed by atoms with Gasteiger partial charge in [0.25, 0.3) is 0 Å². The minimum atomic E-state index is -0.320. The zero-order valence-electron chi connectivity index (χ0n) is 17.7. The average Bonchev–Trinajstić information content (AvgIpc) is 2.71. The maximum atomic E-state index is 13.4. The topological polar surface area (TPSA) is 63.5 Å². The molecule has 0 fully saturated rings. The van der Waals surface area contributed by atoms with E-state index >= 15 is 0 Å². The van der Waals surface area contributed by atoms with Gasteiger partial charge in [-0.05, 0) is 47.0 Å². The molecule has 0 aliphatic carbocycles. The van der Waals surface area contributed by atoms with Crippen molar-refractivity contribution >= 4 is 45.5 Å². The molecule has 0 atom stereocenters. The quantitative estimate of drug-likeness (QED) is 0.267. The predicted octanol–water partition coefficient (Wildman–Crippen LogP) is 3.96. The van der Waals surface area contributed by atoms with Gasteiger partial charge in [-0.2, -0.15) is 0 Å². The molecule has 0 amide bonds. The van der Waals surface area contributed by atoms with Crippen molar-refractivity contribution in [2.45, 2.75) is 32.4 Å². The molecular formula is C22H28BBrFN5. The summed E-state index contributed by atoms with van der Waals surface area (Å²) in [6.45, 7) is 3.58. The third kappa shape index (κ3) is 5.22. The standard InChI is InChI=1S/C22H28BBrFN5/c1-23-12-5-8-15-6-4-7-16(20(15)23)11-13-28-21(26)22(27-2)30(3)29-17-9-10-19(25)18(24)14-17/h4,6-7,9-10,14,29H,5,8,11-13H2,1-3H3,(H2,26,28)/b27-22+. The molecule has 1 aliphatic heterocycles. The zero-order chi connectivity index (χ0) is 21.7. The van der Waals surface area contributed by atoms with Crippen LogP contribution in [0.4, 0.5) is 10.1 Å². The Labute approximate surface area is 186 Å². The van der Waals surface area contributed by atoms with Gasteiger partial charge in [0.2, 0.25) is 0 Å². The van der Waals surface area contributed by atoms with Crippen LogP contribution < -0.4 is 16.2 Å². The maximum Gasteiger partial charge on any atom is 0.184 e. The van der Waals surface area contributed by atoms with Gasteiger partial charge in [0.15, 0.2) is 18.4 Å². The fourth-order valence-electron chi connectivity index (χ4n) is 4.12. The molecule has 0 saturated carbocycles. The summed E-state index contributed by atoms with van der Waals surface area (Å²) in [5.74, 6) is 0.393. The van der Waals surface area contributed by atoms with E-state index in [0.717, 1.165) is 6.42 Å². The highest BCUT2D eigenvalue weighted by Gasteiger charge is 2.22. The minimum absolute atomic E-state index is 0.242. The second kappa shape index (κ2) is 10.1. The Balaban J connectivity index is 1.59. The number of hydrogen-bond donors (Lipinski definition) is 3. The third-order valence-corrected chi connectivity index (χ3v) is 6.14. The number of benzene rings is 2. The molecule has 30 heavy (non-hydrogen) atoms. The van der Waals surface area contributed by atoms with Crippen molar-refractivity contribution in [3.8, 4) is 0 Å². The van der Waals surface area contributed by atoms with Gasteiger partial charge < -0.3 is 5.32 Å². The van der Waals surface area contributed by atoms with Gasteiger partial charge in [0.05, 0.1) is 10.2 Å². The first-order chi connectivity index (χ1) is 14.4. The zero-order valence-corrected chi connectivity index (χ0v) is 19.3. The molecule has 0 bridgehead atoms. The van der Waals surface area contributed by atoms with Gasteiger partial charge in [-0.3, -0.25) is 20.8 Å². The van der Waals surface area contributed by atoms with Crippen LogP contribution in [0.1, 0.15) is 17.5 Å². The number of hydrazine groups is 1. The van der Waals surface area contributed by atoms with Crippen molar-refractivity contribution < 1.29 is 4.39 Å². The van der Waals surface area contributed by atoms with Crippen molar-refractivity contribution in [1.82, 2.24) is 10.3 Å². The van der Waals surface area contributed by atoms with Crippen LogP contribution in [0.2, 0.25) is 13.1 Å². The van der Waals surface area contributed by atoms with E-state index in [1.54, 1.807) is 31.2 Å². The van der Waals surface area contributed by atoms with Crippen molar-refractivity contribution in [3.63, 3.8) is 0 Å². The molecule has 3 rings (SSSR count).